The van der Waals surface area contributed by atoms with Gasteiger partial charge in [0.15, 0.2) is 0 Å². The molecule has 0 aliphatic heterocycles. The number of sulfonamides is 1. The van der Waals surface area contributed by atoms with Crippen molar-refractivity contribution in [3.63, 3.8) is 0 Å². The van der Waals surface area contributed by atoms with Gasteiger partial charge in [-0.2, -0.15) is 0 Å². The highest BCUT2D eigenvalue weighted by Crippen LogP contribution is 2.22. The minimum absolute atomic E-state index is 0.128. The molecule has 0 aromatic heterocycles. The molecule has 0 fully saturated rings. The average molecular weight is 290 g/mol. The van der Waals surface area contributed by atoms with Gasteiger partial charge in [-0.3, -0.25) is 0 Å². The summed E-state index contributed by atoms with van der Waals surface area (Å²) in [5, 5.41) is 0. The van der Waals surface area contributed by atoms with E-state index in [1.54, 1.807) is 38.1 Å². The Morgan fingerprint density at radius 2 is 1.35 bits per heavy atom. The molecule has 2 aromatic rings. The van der Waals surface area contributed by atoms with Gasteiger partial charge < -0.3 is 5.73 Å². The molecule has 0 aliphatic carbocycles. The van der Waals surface area contributed by atoms with Crippen LogP contribution in [0.3, 0.4) is 0 Å². The first kappa shape index (κ1) is 14.6. The second kappa shape index (κ2) is 5.64. The fourth-order valence-corrected chi connectivity index (χ4v) is 3.13. The zero-order valence-electron chi connectivity index (χ0n) is 11.5. The summed E-state index contributed by atoms with van der Waals surface area (Å²) in [4.78, 5) is 0.269. The van der Waals surface area contributed by atoms with Crippen molar-refractivity contribution in [2.45, 2.75) is 24.8 Å². The molecule has 2 rings (SSSR count). The molecule has 0 spiro atoms. The smallest absolute Gasteiger partial charge is 0.240 e. The van der Waals surface area contributed by atoms with E-state index in [4.69, 9.17) is 5.73 Å². The lowest BCUT2D eigenvalue weighted by Gasteiger charge is -2.10. The van der Waals surface area contributed by atoms with Crippen molar-refractivity contribution in [1.29, 1.82) is 0 Å². The largest absolute Gasteiger partial charge is 0.399 e. The number of nitrogens with one attached hydrogen (secondary N) is 1. The van der Waals surface area contributed by atoms with E-state index in [9.17, 15) is 8.42 Å². The molecule has 5 heteroatoms. The number of hydrogen-bond donors (Lipinski definition) is 2. The van der Waals surface area contributed by atoms with Crippen molar-refractivity contribution in [3.8, 4) is 11.1 Å². The normalized spacial score (nSPS) is 11.8. The van der Waals surface area contributed by atoms with Crippen LogP contribution >= 0.6 is 0 Å². The van der Waals surface area contributed by atoms with Gasteiger partial charge >= 0.3 is 0 Å². The number of benzene rings is 2. The highest BCUT2D eigenvalue weighted by atomic mass is 32.2. The SMILES string of the molecule is CC(C)NS(=O)(=O)c1ccc(-c2ccc(N)cc2)cc1. The number of nitrogen functional groups attached to an aromatic ring is 1. The van der Waals surface area contributed by atoms with Crippen molar-refractivity contribution >= 4 is 15.7 Å². The third-order valence-electron chi connectivity index (χ3n) is 2.80. The van der Waals surface area contributed by atoms with Crippen LogP contribution < -0.4 is 10.5 Å². The molecule has 106 valence electrons. The van der Waals surface area contributed by atoms with Gasteiger partial charge in [-0.25, -0.2) is 13.1 Å². The van der Waals surface area contributed by atoms with Crippen molar-refractivity contribution in [1.82, 2.24) is 4.72 Å². The van der Waals surface area contributed by atoms with Crippen LogP contribution in [0.5, 0.6) is 0 Å². The molecular weight excluding hydrogens is 272 g/mol. The monoisotopic (exact) mass is 290 g/mol. The lowest BCUT2D eigenvalue weighted by atomic mass is 10.1. The summed E-state index contributed by atoms with van der Waals surface area (Å²) in [5.74, 6) is 0. The Morgan fingerprint density at radius 1 is 0.900 bits per heavy atom. The van der Waals surface area contributed by atoms with Gasteiger partial charge in [0.05, 0.1) is 4.90 Å². The zero-order chi connectivity index (χ0) is 14.8. The Hall–Kier alpha value is -1.85. The van der Waals surface area contributed by atoms with Gasteiger partial charge in [-0.05, 0) is 49.2 Å². The van der Waals surface area contributed by atoms with E-state index >= 15 is 0 Å². The van der Waals surface area contributed by atoms with Gasteiger partial charge in [-0.1, -0.05) is 24.3 Å². The maximum atomic E-state index is 12.0. The van der Waals surface area contributed by atoms with Gasteiger partial charge in [0.2, 0.25) is 10.0 Å². The first-order valence-corrected chi connectivity index (χ1v) is 7.85. The van der Waals surface area contributed by atoms with E-state index in [1.165, 1.54) is 0 Å². The highest BCUT2D eigenvalue weighted by molar-refractivity contribution is 7.89. The molecule has 0 saturated carbocycles. The summed E-state index contributed by atoms with van der Waals surface area (Å²) in [6.45, 7) is 3.58. The molecule has 0 heterocycles. The Balaban J connectivity index is 2.29. The summed E-state index contributed by atoms with van der Waals surface area (Å²) in [5.41, 5.74) is 8.30. The fourth-order valence-electron chi connectivity index (χ4n) is 1.88. The van der Waals surface area contributed by atoms with Crippen LogP contribution in [0.4, 0.5) is 5.69 Å². The van der Waals surface area contributed by atoms with E-state index in [1.807, 2.05) is 24.3 Å². The fraction of sp³-hybridized carbons (Fsp3) is 0.200. The molecule has 0 saturated heterocycles. The molecule has 0 aliphatic rings. The van der Waals surface area contributed by atoms with Crippen molar-refractivity contribution in [2.24, 2.45) is 0 Å². The summed E-state index contributed by atoms with van der Waals surface area (Å²) >= 11 is 0. The predicted molar refractivity (Wildman–Crippen MR) is 81.7 cm³/mol. The van der Waals surface area contributed by atoms with Gasteiger partial charge in [0.25, 0.3) is 0 Å². The molecule has 20 heavy (non-hydrogen) atoms. The molecule has 0 radical (unpaired) electrons. The number of anilines is 1. The molecule has 0 bridgehead atoms. The van der Waals surface area contributed by atoms with E-state index in [0.717, 1.165) is 11.1 Å². The van der Waals surface area contributed by atoms with Crippen LogP contribution in [0.15, 0.2) is 53.4 Å². The Morgan fingerprint density at radius 3 is 1.80 bits per heavy atom. The highest BCUT2D eigenvalue weighted by Gasteiger charge is 2.14. The predicted octanol–water partition coefficient (Wildman–Crippen LogP) is 2.62. The topological polar surface area (TPSA) is 72.2 Å². The standard InChI is InChI=1S/C15H18N2O2S/c1-11(2)17-20(18,19)15-9-5-13(6-10-15)12-3-7-14(16)8-4-12/h3-11,17H,16H2,1-2H3. The summed E-state index contributed by atoms with van der Waals surface area (Å²) in [6.07, 6.45) is 0. The van der Waals surface area contributed by atoms with Gasteiger partial charge in [0.1, 0.15) is 0 Å². The maximum Gasteiger partial charge on any atom is 0.240 e. The second-order valence-corrected chi connectivity index (χ2v) is 6.64. The molecule has 0 unspecified atom stereocenters. The maximum absolute atomic E-state index is 12.0. The molecular formula is C15H18N2O2S. The third-order valence-corrected chi connectivity index (χ3v) is 4.47. The van der Waals surface area contributed by atoms with Crippen LogP contribution in [0.25, 0.3) is 11.1 Å². The van der Waals surface area contributed by atoms with Crippen molar-refractivity contribution in [2.75, 3.05) is 5.73 Å². The van der Waals surface area contributed by atoms with Crippen molar-refractivity contribution < 1.29 is 8.42 Å². The van der Waals surface area contributed by atoms with Crippen LogP contribution in [0.1, 0.15) is 13.8 Å². The first-order valence-electron chi connectivity index (χ1n) is 6.37. The average Bonchev–Trinajstić information content (AvgIpc) is 2.38. The van der Waals surface area contributed by atoms with E-state index in [0.29, 0.717) is 5.69 Å². The second-order valence-electron chi connectivity index (χ2n) is 4.92. The van der Waals surface area contributed by atoms with Crippen LogP contribution in [-0.4, -0.2) is 14.5 Å². The Kier molecular flexibility index (Phi) is 4.11. The minimum Gasteiger partial charge on any atom is -0.399 e. The van der Waals surface area contributed by atoms with Crippen LogP contribution in [-0.2, 0) is 10.0 Å². The summed E-state index contributed by atoms with van der Waals surface area (Å²) < 4.78 is 26.6. The minimum atomic E-state index is -3.44. The lowest BCUT2D eigenvalue weighted by molar-refractivity contribution is 0.570. The molecule has 2 aromatic carbocycles. The zero-order valence-corrected chi connectivity index (χ0v) is 12.3. The molecule has 3 N–H and O–H groups in total. The number of hydrogen-bond acceptors (Lipinski definition) is 3. The summed E-state index contributed by atoms with van der Waals surface area (Å²) in [7, 11) is -3.44. The van der Waals surface area contributed by atoms with E-state index < -0.39 is 10.0 Å². The lowest BCUT2D eigenvalue weighted by Crippen LogP contribution is -2.30. The number of rotatable bonds is 4. The summed E-state index contributed by atoms with van der Waals surface area (Å²) in [6, 6.07) is 14.1. The Labute approximate surface area is 119 Å². The van der Waals surface area contributed by atoms with Gasteiger partial charge in [0, 0.05) is 11.7 Å². The first-order chi connectivity index (χ1) is 9.38. The quantitative estimate of drug-likeness (QED) is 0.850. The Bertz CT molecular complexity index is 675. The van der Waals surface area contributed by atoms with Gasteiger partial charge in [-0.15, -0.1) is 0 Å². The van der Waals surface area contributed by atoms with E-state index in [2.05, 4.69) is 4.72 Å². The van der Waals surface area contributed by atoms with Crippen LogP contribution in [0, 0.1) is 0 Å². The number of nitrogens with two attached hydrogens (primary N) is 1. The van der Waals surface area contributed by atoms with E-state index in [-0.39, 0.29) is 10.9 Å². The van der Waals surface area contributed by atoms with Crippen LogP contribution in [0.2, 0.25) is 0 Å². The molecule has 0 amide bonds. The molecule has 0 atom stereocenters. The molecule has 4 nitrogen and oxygen atoms in total. The van der Waals surface area contributed by atoms with Crippen molar-refractivity contribution in [3.05, 3.63) is 48.5 Å². The third kappa shape index (κ3) is 3.37.